The molecule has 1 aromatic carbocycles. The van der Waals surface area contributed by atoms with Crippen LogP contribution in [0, 0.1) is 0 Å². The predicted octanol–water partition coefficient (Wildman–Crippen LogP) is 0.421. The summed E-state index contributed by atoms with van der Waals surface area (Å²) in [5.74, 6) is 0. The monoisotopic (exact) mass is 233 g/mol. The number of rotatable bonds is 5. The van der Waals surface area contributed by atoms with Gasteiger partial charge < -0.3 is 15.1 Å². The first-order valence-corrected chi connectivity index (χ1v) is 5.52. The number of hydrogen-bond acceptors (Lipinski definition) is 5. The Hall–Kier alpha value is -1.72. The molecule has 5 heteroatoms. The highest BCUT2D eigenvalue weighted by atomic mass is 16.3. The smallest absolute Gasteiger partial charge is 0.0907 e. The lowest BCUT2D eigenvalue weighted by Gasteiger charge is -2.22. The molecule has 0 radical (unpaired) electrons. The number of aromatic nitrogens is 2. The normalized spacial score (nSPS) is 10.7. The molecular weight excluding hydrogens is 218 g/mol. The van der Waals surface area contributed by atoms with Crippen LogP contribution in [0.5, 0.6) is 0 Å². The van der Waals surface area contributed by atoms with Crippen LogP contribution in [0.4, 0.5) is 5.69 Å². The maximum absolute atomic E-state index is 8.99. The van der Waals surface area contributed by atoms with E-state index in [1.807, 2.05) is 23.1 Å². The summed E-state index contributed by atoms with van der Waals surface area (Å²) in [6.45, 7) is 1.09. The summed E-state index contributed by atoms with van der Waals surface area (Å²) in [7, 11) is 0. The number of nitrogens with zero attached hydrogens (tertiary/aromatic N) is 3. The van der Waals surface area contributed by atoms with Gasteiger partial charge in [0.15, 0.2) is 0 Å². The van der Waals surface area contributed by atoms with Gasteiger partial charge >= 0.3 is 0 Å². The molecule has 0 saturated carbocycles. The lowest BCUT2D eigenvalue weighted by atomic mass is 10.2. The third-order valence-corrected chi connectivity index (χ3v) is 2.56. The second-order valence-electron chi connectivity index (χ2n) is 3.66. The molecule has 0 atom stereocenters. The highest BCUT2D eigenvalue weighted by molar-refractivity contribution is 5.78. The Morgan fingerprint density at radius 2 is 1.59 bits per heavy atom. The van der Waals surface area contributed by atoms with Crippen molar-refractivity contribution in [3.8, 4) is 0 Å². The zero-order valence-corrected chi connectivity index (χ0v) is 9.45. The van der Waals surface area contributed by atoms with Crippen LogP contribution in [-0.2, 0) is 0 Å². The number of hydrogen-bond donors (Lipinski definition) is 2. The van der Waals surface area contributed by atoms with Gasteiger partial charge in [-0.1, -0.05) is 0 Å². The van der Waals surface area contributed by atoms with E-state index in [1.54, 1.807) is 12.4 Å². The summed E-state index contributed by atoms with van der Waals surface area (Å²) in [5, 5.41) is 18.0. The Morgan fingerprint density at radius 3 is 2.24 bits per heavy atom. The molecule has 0 aliphatic rings. The van der Waals surface area contributed by atoms with Gasteiger partial charge in [-0.3, -0.25) is 9.97 Å². The Kier molecular flexibility index (Phi) is 3.85. The molecule has 2 N–H and O–H groups in total. The molecule has 2 aromatic rings. The van der Waals surface area contributed by atoms with Crippen LogP contribution in [0.2, 0.25) is 0 Å². The largest absolute Gasteiger partial charge is 0.395 e. The second-order valence-corrected chi connectivity index (χ2v) is 3.66. The molecule has 0 saturated heterocycles. The van der Waals surface area contributed by atoms with E-state index < -0.39 is 0 Å². The average Bonchev–Trinajstić information content (AvgIpc) is 2.38. The van der Waals surface area contributed by atoms with Crippen LogP contribution in [0.1, 0.15) is 0 Å². The first-order chi connectivity index (χ1) is 8.35. The highest BCUT2D eigenvalue weighted by Gasteiger charge is 2.06. The van der Waals surface area contributed by atoms with Gasteiger partial charge in [-0.15, -0.1) is 0 Å². The Labute approximate surface area is 99.4 Å². The van der Waals surface area contributed by atoms with Crippen molar-refractivity contribution in [2.75, 3.05) is 31.2 Å². The molecule has 0 aliphatic heterocycles. The molecular formula is C12H15N3O2. The van der Waals surface area contributed by atoms with E-state index in [0.717, 1.165) is 16.7 Å². The Balaban J connectivity index is 2.32. The number of benzene rings is 1. The van der Waals surface area contributed by atoms with Crippen molar-refractivity contribution in [2.24, 2.45) is 0 Å². The maximum atomic E-state index is 8.99. The Morgan fingerprint density at radius 1 is 0.941 bits per heavy atom. The van der Waals surface area contributed by atoms with Crippen LogP contribution in [0.3, 0.4) is 0 Å². The molecule has 5 nitrogen and oxygen atoms in total. The van der Waals surface area contributed by atoms with E-state index in [9.17, 15) is 0 Å². The summed E-state index contributed by atoms with van der Waals surface area (Å²) in [5.41, 5.74) is 2.58. The molecule has 0 unspecified atom stereocenters. The minimum absolute atomic E-state index is 0.0541. The lowest BCUT2D eigenvalue weighted by molar-refractivity contribution is 0.281. The maximum Gasteiger partial charge on any atom is 0.0907 e. The minimum atomic E-state index is 0.0541. The van der Waals surface area contributed by atoms with E-state index in [1.165, 1.54) is 0 Å². The van der Waals surface area contributed by atoms with Gasteiger partial charge in [-0.2, -0.15) is 0 Å². The number of fused-ring (bicyclic) bond motifs is 1. The summed E-state index contributed by atoms with van der Waals surface area (Å²) >= 11 is 0. The molecule has 0 bridgehead atoms. The van der Waals surface area contributed by atoms with Crippen LogP contribution in [0.15, 0.2) is 30.6 Å². The zero-order valence-electron chi connectivity index (χ0n) is 9.45. The first kappa shape index (κ1) is 11.8. The van der Waals surface area contributed by atoms with E-state index >= 15 is 0 Å². The first-order valence-electron chi connectivity index (χ1n) is 5.52. The van der Waals surface area contributed by atoms with Gasteiger partial charge in [-0.05, 0) is 18.2 Å². The average molecular weight is 233 g/mol. The fraction of sp³-hybridized carbons (Fsp3) is 0.333. The van der Waals surface area contributed by atoms with E-state index in [4.69, 9.17) is 10.2 Å². The summed E-state index contributed by atoms with van der Waals surface area (Å²) in [4.78, 5) is 10.3. The number of aliphatic hydroxyl groups excluding tert-OH is 2. The standard InChI is InChI=1S/C12H15N3O2/c16-7-5-15(6-8-17)10-1-2-11-12(9-10)14-4-3-13-11/h1-4,9,16-17H,5-8H2. The third-order valence-electron chi connectivity index (χ3n) is 2.56. The van der Waals surface area contributed by atoms with Crippen LogP contribution >= 0.6 is 0 Å². The van der Waals surface area contributed by atoms with Crippen molar-refractivity contribution in [2.45, 2.75) is 0 Å². The highest BCUT2D eigenvalue weighted by Crippen LogP contribution is 2.18. The van der Waals surface area contributed by atoms with E-state index in [-0.39, 0.29) is 13.2 Å². The van der Waals surface area contributed by atoms with Gasteiger partial charge in [0.2, 0.25) is 0 Å². The van der Waals surface area contributed by atoms with Crippen molar-refractivity contribution in [3.63, 3.8) is 0 Å². The summed E-state index contributed by atoms with van der Waals surface area (Å²) < 4.78 is 0. The lowest BCUT2D eigenvalue weighted by Crippen LogP contribution is -2.29. The van der Waals surface area contributed by atoms with Gasteiger partial charge in [0.1, 0.15) is 0 Å². The van der Waals surface area contributed by atoms with Crippen LogP contribution in [0.25, 0.3) is 11.0 Å². The number of aliphatic hydroxyl groups is 2. The molecule has 2 rings (SSSR count). The molecule has 0 fully saturated rings. The third kappa shape index (κ3) is 2.69. The second kappa shape index (κ2) is 5.56. The minimum Gasteiger partial charge on any atom is -0.395 e. The van der Waals surface area contributed by atoms with Crippen molar-refractivity contribution < 1.29 is 10.2 Å². The molecule has 0 spiro atoms. The summed E-state index contributed by atoms with van der Waals surface area (Å²) in [6.07, 6.45) is 3.30. The SMILES string of the molecule is OCCN(CCO)c1ccc2nccnc2c1. The van der Waals surface area contributed by atoms with E-state index in [2.05, 4.69) is 9.97 Å². The Bertz CT molecular complexity index is 484. The molecule has 1 aromatic heterocycles. The zero-order chi connectivity index (χ0) is 12.1. The molecule has 90 valence electrons. The van der Waals surface area contributed by atoms with Crippen molar-refractivity contribution >= 4 is 16.7 Å². The van der Waals surface area contributed by atoms with Crippen molar-refractivity contribution in [1.29, 1.82) is 0 Å². The fourth-order valence-corrected chi connectivity index (χ4v) is 1.76. The van der Waals surface area contributed by atoms with Gasteiger partial charge in [0, 0.05) is 31.2 Å². The van der Waals surface area contributed by atoms with Crippen LogP contribution in [-0.4, -0.2) is 46.5 Å². The molecule has 1 heterocycles. The van der Waals surface area contributed by atoms with Gasteiger partial charge in [0.05, 0.1) is 24.2 Å². The quantitative estimate of drug-likeness (QED) is 0.783. The molecule has 17 heavy (non-hydrogen) atoms. The predicted molar refractivity (Wildman–Crippen MR) is 65.9 cm³/mol. The van der Waals surface area contributed by atoms with E-state index in [0.29, 0.717) is 13.1 Å². The van der Waals surface area contributed by atoms with Gasteiger partial charge in [-0.25, -0.2) is 0 Å². The van der Waals surface area contributed by atoms with Gasteiger partial charge in [0.25, 0.3) is 0 Å². The van der Waals surface area contributed by atoms with Crippen LogP contribution < -0.4 is 4.90 Å². The van der Waals surface area contributed by atoms with Crippen molar-refractivity contribution in [3.05, 3.63) is 30.6 Å². The number of anilines is 1. The molecule has 0 aliphatic carbocycles. The van der Waals surface area contributed by atoms with Crippen molar-refractivity contribution in [1.82, 2.24) is 9.97 Å². The topological polar surface area (TPSA) is 69.5 Å². The fourth-order valence-electron chi connectivity index (χ4n) is 1.76. The molecule has 0 amide bonds. The summed E-state index contributed by atoms with van der Waals surface area (Å²) in [6, 6.07) is 5.72.